The van der Waals surface area contributed by atoms with E-state index in [1.165, 1.54) is 0 Å². The molecule has 0 spiro atoms. The Kier molecular flexibility index (Phi) is 4.19. The van der Waals surface area contributed by atoms with Crippen molar-refractivity contribution in [3.8, 4) is 11.4 Å². The number of nitrogens with one attached hydrogen (secondary N) is 1. The van der Waals surface area contributed by atoms with Crippen LogP contribution in [0.3, 0.4) is 0 Å². The number of imidazole rings is 1. The van der Waals surface area contributed by atoms with E-state index in [4.69, 9.17) is 0 Å². The number of nitrogens with zero attached hydrogens (tertiary/aromatic N) is 3. The van der Waals surface area contributed by atoms with Crippen LogP contribution in [-0.4, -0.2) is 26.4 Å². The molecule has 5 heteroatoms. The molecular formula is C18H22N4O. The monoisotopic (exact) mass is 310 g/mol. The quantitative estimate of drug-likeness (QED) is 0.784. The van der Waals surface area contributed by atoms with Gasteiger partial charge >= 0.3 is 0 Å². The number of hydrogen-bond acceptors (Lipinski definition) is 2. The van der Waals surface area contributed by atoms with Crippen molar-refractivity contribution in [2.45, 2.75) is 33.2 Å². The van der Waals surface area contributed by atoms with E-state index in [9.17, 15) is 4.79 Å². The van der Waals surface area contributed by atoms with Crippen LogP contribution in [0.1, 0.15) is 43.7 Å². The summed E-state index contributed by atoms with van der Waals surface area (Å²) in [5.74, 6) is 0.673. The second kappa shape index (κ2) is 6.28. The molecule has 0 aliphatic carbocycles. The minimum absolute atomic E-state index is 0.120. The summed E-state index contributed by atoms with van der Waals surface area (Å²) in [5.41, 5.74) is 2.31. The molecular weight excluding hydrogens is 288 g/mol. The Hall–Kier alpha value is -2.56. The van der Waals surface area contributed by atoms with Crippen LogP contribution in [0.2, 0.25) is 0 Å². The smallest absolute Gasteiger partial charge is 0.272 e. The molecule has 3 heterocycles. The van der Waals surface area contributed by atoms with Gasteiger partial charge in [-0.25, -0.2) is 4.98 Å². The first-order chi connectivity index (χ1) is 11.1. The van der Waals surface area contributed by atoms with E-state index in [1.54, 1.807) is 0 Å². The van der Waals surface area contributed by atoms with Crippen molar-refractivity contribution in [2.75, 3.05) is 6.54 Å². The van der Waals surface area contributed by atoms with Crippen LogP contribution in [0.25, 0.3) is 16.9 Å². The van der Waals surface area contributed by atoms with Gasteiger partial charge in [0.25, 0.3) is 5.91 Å². The van der Waals surface area contributed by atoms with Gasteiger partial charge in [0.1, 0.15) is 5.82 Å². The zero-order chi connectivity index (χ0) is 16.4. The molecule has 0 bridgehead atoms. The predicted molar refractivity (Wildman–Crippen MR) is 91.6 cm³/mol. The van der Waals surface area contributed by atoms with Gasteiger partial charge in [-0.05, 0) is 38.5 Å². The van der Waals surface area contributed by atoms with E-state index in [-0.39, 0.29) is 5.91 Å². The molecule has 3 aromatic heterocycles. The van der Waals surface area contributed by atoms with Gasteiger partial charge in [-0.1, -0.05) is 13.0 Å². The Bertz CT molecular complexity index is 829. The Morgan fingerprint density at radius 3 is 2.78 bits per heavy atom. The number of rotatable bonds is 5. The number of aromatic nitrogens is 3. The lowest BCUT2D eigenvalue weighted by Gasteiger charge is -2.05. The minimum atomic E-state index is -0.120. The van der Waals surface area contributed by atoms with Crippen LogP contribution < -0.4 is 5.32 Å². The van der Waals surface area contributed by atoms with Crippen molar-refractivity contribution in [3.63, 3.8) is 0 Å². The predicted octanol–water partition coefficient (Wildman–Crippen LogP) is 3.52. The molecule has 0 unspecified atom stereocenters. The summed E-state index contributed by atoms with van der Waals surface area (Å²) in [6.45, 7) is 6.96. The summed E-state index contributed by atoms with van der Waals surface area (Å²) in [6.07, 6.45) is 6.96. The van der Waals surface area contributed by atoms with Gasteiger partial charge in [0.2, 0.25) is 0 Å². The van der Waals surface area contributed by atoms with E-state index < -0.39 is 0 Å². The zero-order valence-corrected chi connectivity index (χ0v) is 13.8. The normalized spacial score (nSPS) is 11.3. The van der Waals surface area contributed by atoms with E-state index >= 15 is 0 Å². The summed E-state index contributed by atoms with van der Waals surface area (Å²) in [7, 11) is 0. The SMILES string of the molecule is CCCNC(=O)c1nc(-c2ccn(C(C)C)c2)n2ccccc12. The van der Waals surface area contributed by atoms with E-state index in [1.807, 2.05) is 48.0 Å². The molecule has 0 saturated carbocycles. The highest BCUT2D eigenvalue weighted by atomic mass is 16.1. The first-order valence-corrected chi connectivity index (χ1v) is 8.05. The molecule has 23 heavy (non-hydrogen) atoms. The van der Waals surface area contributed by atoms with Crippen LogP contribution in [0.15, 0.2) is 42.9 Å². The van der Waals surface area contributed by atoms with Gasteiger partial charge in [-0.2, -0.15) is 0 Å². The largest absolute Gasteiger partial charge is 0.351 e. The number of fused-ring (bicyclic) bond motifs is 1. The molecule has 1 N–H and O–H groups in total. The van der Waals surface area contributed by atoms with E-state index in [0.717, 1.165) is 23.3 Å². The third-order valence-electron chi connectivity index (χ3n) is 3.87. The molecule has 0 radical (unpaired) electrons. The number of carbonyl (C=O) groups excluding carboxylic acids is 1. The van der Waals surface area contributed by atoms with Crippen molar-refractivity contribution in [1.29, 1.82) is 0 Å². The van der Waals surface area contributed by atoms with Gasteiger partial charge in [0, 0.05) is 36.7 Å². The molecule has 5 nitrogen and oxygen atoms in total. The molecule has 3 aromatic rings. The first kappa shape index (κ1) is 15.3. The second-order valence-corrected chi connectivity index (χ2v) is 5.94. The highest BCUT2D eigenvalue weighted by Gasteiger charge is 2.18. The van der Waals surface area contributed by atoms with Gasteiger partial charge in [-0.15, -0.1) is 0 Å². The van der Waals surface area contributed by atoms with E-state index in [0.29, 0.717) is 18.3 Å². The van der Waals surface area contributed by atoms with Crippen molar-refractivity contribution in [2.24, 2.45) is 0 Å². The molecule has 0 saturated heterocycles. The lowest BCUT2D eigenvalue weighted by atomic mass is 10.3. The van der Waals surface area contributed by atoms with Crippen molar-refractivity contribution >= 4 is 11.4 Å². The second-order valence-electron chi connectivity index (χ2n) is 5.94. The van der Waals surface area contributed by atoms with E-state index in [2.05, 4.69) is 34.9 Å². The fraction of sp³-hybridized carbons (Fsp3) is 0.333. The maximum Gasteiger partial charge on any atom is 0.272 e. The standard InChI is InChI=1S/C18H22N4O/c1-4-9-19-18(23)16-15-7-5-6-10-22(15)17(20-16)14-8-11-21(12-14)13(2)3/h5-8,10-13H,4,9H2,1-3H3,(H,19,23). The van der Waals surface area contributed by atoms with Crippen molar-refractivity contribution in [1.82, 2.24) is 19.3 Å². The van der Waals surface area contributed by atoms with Crippen LogP contribution in [0.4, 0.5) is 0 Å². The van der Waals surface area contributed by atoms with Gasteiger partial charge in [-0.3, -0.25) is 9.20 Å². The highest BCUT2D eigenvalue weighted by Crippen LogP contribution is 2.24. The third kappa shape index (κ3) is 2.86. The topological polar surface area (TPSA) is 51.3 Å². The van der Waals surface area contributed by atoms with Crippen LogP contribution in [0.5, 0.6) is 0 Å². The maximum absolute atomic E-state index is 12.4. The van der Waals surface area contributed by atoms with Crippen LogP contribution >= 0.6 is 0 Å². The summed E-state index contributed by atoms with van der Waals surface area (Å²) in [5, 5.41) is 2.91. The van der Waals surface area contributed by atoms with Gasteiger partial charge in [0.05, 0.1) is 5.52 Å². The Balaban J connectivity index is 2.08. The molecule has 0 fully saturated rings. The minimum Gasteiger partial charge on any atom is -0.351 e. The van der Waals surface area contributed by atoms with Crippen molar-refractivity contribution < 1.29 is 4.79 Å². The van der Waals surface area contributed by atoms with Crippen molar-refractivity contribution in [3.05, 3.63) is 48.5 Å². The lowest BCUT2D eigenvalue weighted by Crippen LogP contribution is -2.24. The number of pyridine rings is 1. The van der Waals surface area contributed by atoms with Gasteiger partial charge < -0.3 is 9.88 Å². The average Bonchev–Trinajstić information content (AvgIpc) is 3.17. The fourth-order valence-electron chi connectivity index (χ4n) is 2.60. The highest BCUT2D eigenvalue weighted by molar-refractivity contribution is 6.00. The number of amides is 1. The molecule has 0 aromatic carbocycles. The molecule has 0 aliphatic heterocycles. The third-order valence-corrected chi connectivity index (χ3v) is 3.87. The molecule has 3 rings (SSSR count). The number of hydrogen-bond donors (Lipinski definition) is 1. The molecule has 1 amide bonds. The lowest BCUT2D eigenvalue weighted by molar-refractivity contribution is 0.0951. The maximum atomic E-state index is 12.4. The summed E-state index contributed by atoms with van der Waals surface area (Å²) in [6, 6.07) is 8.23. The fourth-order valence-corrected chi connectivity index (χ4v) is 2.60. The summed E-state index contributed by atoms with van der Waals surface area (Å²) >= 11 is 0. The number of carbonyl (C=O) groups is 1. The summed E-state index contributed by atoms with van der Waals surface area (Å²) < 4.78 is 4.11. The Labute approximate surface area is 136 Å². The van der Waals surface area contributed by atoms with Crippen LogP contribution in [0, 0.1) is 0 Å². The molecule has 120 valence electrons. The average molecular weight is 310 g/mol. The Morgan fingerprint density at radius 1 is 1.26 bits per heavy atom. The molecule has 0 atom stereocenters. The molecule has 0 aliphatic rings. The Morgan fingerprint density at radius 2 is 2.09 bits per heavy atom. The zero-order valence-electron chi connectivity index (χ0n) is 13.8. The first-order valence-electron chi connectivity index (χ1n) is 8.05. The van der Waals surface area contributed by atoms with Gasteiger partial charge in [0.15, 0.2) is 5.69 Å². The summed E-state index contributed by atoms with van der Waals surface area (Å²) in [4.78, 5) is 17.0. The van der Waals surface area contributed by atoms with Crippen LogP contribution in [-0.2, 0) is 0 Å².